The summed E-state index contributed by atoms with van der Waals surface area (Å²) in [4.78, 5) is 2.67. The first-order valence-corrected chi connectivity index (χ1v) is 15.7. The molecular formula is C41H25NS. The summed E-state index contributed by atoms with van der Waals surface area (Å²) in [5, 5.41) is 5.09. The van der Waals surface area contributed by atoms with Crippen molar-refractivity contribution in [3.8, 4) is 16.8 Å². The molecule has 0 atom stereocenters. The third kappa shape index (κ3) is 2.99. The minimum atomic E-state index is -0.386. The van der Waals surface area contributed by atoms with E-state index in [1.807, 2.05) is 11.8 Å². The average Bonchev–Trinajstić information content (AvgIpc) is 3.55. The van der Waals surface area contributed by atoms with Crippen molar-refractivity contribution < 1.29 is 0 Å². The molecule has 200 valence electrons. The highest BCUT2D eigenvalue weighted by atomic mass is 32.2. The summed E-state index contributed by atoms with van der Waals surface area (Å²) in [6.07, 6.45) is 0. The molecule has 2 heteroatoms. The summed E-state index contributed by atoms with van der Waals surface area (Å²) in [6.45, 7) is 0. The lowest BCUT2D eigenvalue weighted by Gasteiger charge is -2.39. The predicted molar refractivity (Wildman–Crippen MR) is 180 cm³/mol. The van der Waals surface area contributed by atoms with E-state index in [9.17, 15) is 0 Å². The van der Waals surface area contributed by atoms with E-state index in [4.69, 9.17) is 0 Å². The summed E-state index contributed by atoms with van der Waals surface area (Å²) in [6, 6.07) is 56.5. The summed E-state index contributed by atoms with van der Waals surface area (Å²) in [5.74, 6) is 0. The van der Waals surface area contributed by atoms with Crippen LogP contribution in [0.25, 0.3) is 49.4 Å². The zero-order valence-corrected chi connectivity index (χ0v) is 24.1. The zero-order valence-electron chi connectivity index (χ0n) is 23.3. The molecule has 1 aromatic heterocycles. The van der Waals surface area contributed by atoms with Gasteiger partial charge in [0.25, 0.3) is 0 Å². The summed E-state index contributed by atoms with van der Waals surface area (Å²) >= 11 is 1.91. The van der Waals surface area contributed by atoms with Gasteiger partial charge < -0.3 is 4.57 Å². The number of hydrogen-bond acceptors (Lipinski definition) is 1. The highest BCUT2D eigenvalue weighted by Gasteiger charge is 2.50. The number of hydrogen-bond donors (Lipinski definition) is 0. The topological polar surface area (TPSA) is 4.93 Å². The van der Waals surface area contributed by atoms with Crippen molar-refractivity contribution in [3.63, 3.8) is 0 Å². The van der Waals surface area contributed by atoms with Crippen LogP contribution in [0, 0.1) is 0 Å². The third-order valence-electron chi connectivity index (χ3n) is 9.63. The standard InChI is InChI=1S/C41H25NS/c1-2-12-27-23-28(22-21-26(27)11-1)42-37-19-9-5-15-31(37)32-24-40-36(25-38(32)42)41(35-18-8-10-20-39(35)43-40)33-16-6-3-13-29(33)30-14-4-7-17-34(30)41/h1-25H. The highest BCUT2D eigenvalue weighted by molar-refractivity contribution is 7.99. The number of rotatable bonds is 1. The van der Waals surface area contributed by atoms with Crippen LogP contribution in [0.1, 0.15) is 22.3 Å². The minimum absolute atomic E-state index is 0.386. The quantitative estimate of drug-likeness (QED) is 0.192. The van der Waals surface area contributed by atoms with Crippen molar-refractivity contribution in [1.82, 2.24) is 4.57 Å². The van der Waals surface area contributed by atoms with E-state index in [1.54, 1.807) is 0 Å². The molecule has 0 N–H and O–H groups in total. The van der Waals surface area contributed by atoms with Gasteiger partial charge in [0, 0.05) is 26.3 Å². The fourth-order valence-electron chi connectivity index (χ4n) is 7.91. The Labute approximate surface area is 254 Å². The van der Waals surface area contributed by atoms with E-state index in [-0.39, 0.29) is 5.41 Å². The number of para-hydroxylation sites is 1. The van der Waals surface area contributed by atoms with Gasteiger partial charge in [0.1, 0.15) is 0 Å². The molecule has 0 saturated heterocycles. The maximum absolute atomic E-state index is 2.52. The van der Waals surface area contributed by atoms with Gasteiger partial charge >= 0.3 is 0 Å². The Morgan fingerprint density at radius 3 is 1.88 bits per heavy atom. The molecule has 0 radical (unpaired) electrons. The number of fused-ring (bicyclic) bond motifs is 13. The second-order valence-electron chi connectivity index (χ2n) is 11.7. The lowest BCUT2D eigenvalue weighted by atomic mass is 9.67. The monoisotopic (exact) mass is 563 g/mol. The van der Waals surface area contributed by atoms with E-state index in [1.165, 1.54) is 81.4 Å². The van der Waals surface area contributed by atoms with Crippen molar-refractivity contribution in [1.29, 1.82) is 0 Å². The van der Waals surface area contributed by atoms with E-state index < -0.39 is 0 Å². The fourth-order valence-corrected chi connectivity index (χ4v) is 9.12. The average molecular weight is 564 g/mol. The van der Waals surface area contributed by atoms with Crippen LogP contribution in [0.4, 0.5) is 0 Å². The molecule has 1 aliphatic heterocycles. The smallest absolute Gasteiger partial charge is 0.0736 e. The SMILES string of the molecule is c1ccc2c(c1)Sc1cc3c4ccccc4n(-c4ccc5ccccc5c4)c3cc1C21c2ccccc2-c2ccccc21. The van der Waals surface area contributed by atoms with Crippen molar-refractivity contribution in [2.45, 2.75) is 15.2 Å². The van der Waals surface area contributed by atoms with E-state index in [0.717, 1.165) is 0 Å². The molecule has 7 aromatic carbocycles. The molecule has 2 aliphatic rings. The van der Waals surface area contributed by atoms with Crippen molar-refractivity contribution in [3.05, 3.63) is 174 Å². The van der Waals surface area contributed by atoms with E-state index in [2.05, 4.69) is 156 Å². The van der Waals surface area contributed by atoms with Crippen molar-refractivity contribution in [2.24, 2.45) is 0 Å². The first kappa shape index (κ1) is 23.5. The Morgan fingerprint density at radius 2 is 1.07 bits per heavy atom. The molecule has 0 unspecified atom stereocenters. The lowest BCUT2D eigenvalue weighted by molar-refractivity contribution is 0.724. The largest absolute Gasteiger partial charge is 0.309 e. The van der Waals surface area contributed by atoms with Gasteiger partial charge in [-0.3, -0.25) is 0 Å². The van der Waals surface area contributed by atoms with Crippen LogP contribution in [0.2, 0.25) is 0 Å². The molecule has 0 amide bonds. The van der Waals surface area contributed by atoms with Gasteiger partial charge in [-0.15, -0.1) is 0 Å². The molecule has 10 rings (SSSR count). The third-order valence-corrected chi connectivity index (χ3v) is 10.8. The maximum atomic E-state index is 2.52. The van der Waals surface area contributed by atoms with Crippen LogP contribution < -0.4 is 0 Å². The summed E-state index contributed by atoms with van der Waals surface area (Å²) in [5.41, 5.74) is 11.4. The summed E-state index contributed by atoms with van der Waals surface area (Å²) in [7, 11) is 0. The first-order valence-electron chi connectivity index (χ1n) is 14.9. The minimum Gasteiger partial charge on any atom is -0.309 e. The molecule has 1 spiro atoms. The number of benzene rings is 7. The normalized spacial score (nSPS) is 14.1. The lowest BCUT2D eigenvalue weighted by Crippen LogP contribution is -2.32. The Balaban J connectivity index is 1.37. The van der Waals surface area contributed by atoms with Gasteiger partial charge in [-0.05, 0) is 80.6 Å². The molecule has 1 nitrogen and oxygen atoms in total. The Kier molecular flexibility index (Phi) is 4.65. The molecule has 8 aromatic rings. The first-order chi connectivity index (χ1) is 21.3. The van der Waals surface area contributed by atoms with Gasteiger partial charge in [-0.25, -0.2) is 0 Å². The van der Waals surface area contributed by atoms with Gasteiger partial charge in [0.2, 0.25) is 0 Å². The Morgan fingerprint density at radius 1 is 0.419 bits per heavy atom. The predicted octanol–water partition coefficient (Wildman–Crippen LogP) is 10.8. The Hall–Kier alpha value is -5.05. The van der Waals surface area contributed by atoms with Crippen LogP contribution in [-0.2, 0) is 5.41 Å². The Bertz CT molecular complexity index is 2400. The number of nitrogens with zero attached hydrogens (tertiary/aromatic N) is 1. The van der Waals surface area contributed by atoms with Gasteiger partial charge in [-0.2, -0.15) is 0 Å². The molecule has 43 heavy (non-hydrogen) atoms. The van der Waals surface area contributed by atoms with Crippen LogP contribution >= 0.6 is 11.8 Å². The molecule has 0 bridgehead atoms. The van der Waals surface area contributed by atoms with Crippen LogP contribution in [0.15, 0.2) is 161 Å². The van der Waals surface area contributed by atoms with Crippen molar-refractivity contribution in [2.75, 3.05) is 0 Å². The van der Waals surface area contributed by atoms with Crippen molar-refractivity contribution >= 4 is 44.3 Å². The van der Waals surface area contributed by atoms with E-state index in [0.29, 0.717) is 0 Å². The number of aromatic nitrogens is 1. The fraction of sp³-hybridized carbons (Fsp3) is 0.0244. The van der Waals surface area contributed by atoms with Crippen LogP contribution in [-0.4, -0.2) is 4.57 Å². The van der Waals surface area contributed by atoms with E-state index >= 15 is 0 Å². The van der Waals surface area contributed by atoms with Gasteiger partial charge in [0.05, 0.1) is 16.4 Å². The zero-order chi connectivity index (χ0) is 28.1. The molecule has 2 heterocycles. The second kappa shape index (κ2) is 8.50. The molecular weight excluding hydrogens is 539 g/mol. The highest BCUT2D eigenvalue weighted by Crippen LogP contribution is 2.62. The van der Waals surface area contributed by atoms with Gasteiger partial charge in [-0.1, -0.05) is 127 Å². The maximum Gasteiger partial charge on any atom is 0.0736 e. The molecule has 0 fully saturated rings. The summed E-state index contributed by atoms with van der Waals surface area (Å²) < 4.78 is 2.48. The van der Waals surface area contributed by atoms with Crippen LogP contribution in [0.5, 0.6) is 0 Å². The second-order valence-corrected chi connectivity index (χ2v) is 12.8. The molecule has 0 saturated carbocycles. The van der Waals surface area contributed by atoms with Crippen LogP contribution in [0.3, 0.4) is 0 Å². The van der Waals surface area contributed by atoms with Gasteiger partial charge in [0.15, 0.2) is 0 Å². The molecule has 1 aliphatic carbocycles.